The van der Waals surface area contributed by atoms with E-state index in [4.69, 9.17) is 11.5 Å². The molecule has 0 bridgehead atoms. The molecule has 0 fully saturated rings. The average Bonchev–Trinajstić information content (AvgIpc) is 2.42. The van der Waals surface area contributed by atoms with Gasteiger partial charge in [0.15, 0.2) is 0 Å². The molecule has 1 aromatic carbocycles. The van der Waals surface area contributed by atoms with Crippen LogP contribution in [0, 0.1) is 5.41 Å². The summed E-state index contributed by atoms with van der Waals surface area (Å²) < 4.78 is 0. The molecule has 0 atom stereocenters. The van der Waals surface area contributed by atoms with E-state index < -0.39 is 5.91 Å². The monoisotopic (exact) mass is 265 g/mol. The summed E-state index contributed by atoms with van der Waals surface area (Å²) in [6.07, 6.45) is 1.73. The molecule has 0 aliphatic carbocycles. The second kappa shape index (κ2) is 6.43. The van der Waals surface area contributed by atoms with Crippen molar-refractivity contribution in [2.45, 2.75) is 26.7 Å². The molecule has 5 heteroatoms. The van der Waals surface area contributed by atoms with Crippen molar-refractivity contribution >= 4 is 17.3 Å². The lowest BCUT2D eigenvalue weighted by atomic mass is 9.83. The lowest BCUT2D eigenvalue weighted by Gasteiger charge is -2.30. The molecule has 0 spiro atoms. The van der Waals surface area contributed by atoms with Crippen molar-refractivity contribution in [2.75, 3.05) is 24.2 Å². The maximum Gasteiger partial charge on any atom is 0.248 e. The topological polar surface area (TPSA) is 101 Å². The predicted octanol–water partition coefficient (Wildman–Crippen LogP) is 1.58. The van der Waals surface area contributed by atoms with Gasteiger partial charge in [0.05, 0.1) is 18.0 Å². The van der Waals surface area contributed by atoms with Gasteiger partial charge < -0.3 is 21.9 Å². The summed E-state index contributed by atoms with van der Waals surface area (Å²) in [6.45, 7) is 4.81. The molecule has 5 nitrogen and oxygen atoms in total. The zero-order valence-corrected chi connectivity index (χ0v) is 11.6. The fourth-order valence-electron chi connectivity index (χ4n) is 1.92. The number of amides is 1. The van der Waals surface area contributed by atoms with E-state index in [0.29, 0.717) is 23.5 Å². The van der Waals surface area contributed by atoms with Crippen molar-refractivity contribution in [3.63, 3.8) is 0 Å². The minimum absolute atomic E-state index is 0.114. The van der Waals surface area contributed by atoms with Crippen LogP contribution in [0.2, 0.25) is 0 Å². The highest BCUT2D eigenvalue weighted by Gasteiger charge is 2.25. The van der Waals surface area contributed by atoms with Gasteiger partial charge in [-0.05, 0) is 31.0 Å². The highest BCUT2D eigenvalue weighted by molar-refractivity contribution is 5.94. The number of aliphatic hydroxyl groups is 1. The zero-order valence-electron chi connectivity index (χ0n) is 11.6. The zero-order chi connectivity index (χ0) is 14.5. The Balaban J connectivity index is 2.87. The summed E-state index contributed by atoms with van der Waals surface area (Å²) in [4.78, 5) is 11.1. The Kier molecular flexibility index (Phi) is 5.18. The second-order valence-corrected chi connectivity index (χ2v) is 4.89. The van der Waals surface area contributed by atoms with Crippen LogP contribution >= 0.6 is 0 Å². The van der Waals surface area contributed by atoms with Crippen LogP contribution in [-0.4, -0.2) is 24.2 Å². The summed E-state index contributed by atoms with van der Waals surface area (Å²) in [5, 5.41) is 12.7. The van der Waals surface area contributed by atoms with E-state index in [9.17, 15) is 9.90 Å². The van der Waals surface area contributed by atoms with Crippen molar-refractivity contribution in [3.05, 3.63) is 23.8 Å². The first kappa shape index (κ1) is 15.3. The van der Waals surface area contributed by atoms with E-state index in [1.54, 1.807) is 18.2 Å². The number of nitrogens with two attached hydrogens (primary N) is 2. The van der Waals surface area contributed by atoms with E-state index >= 15 is 0 Å². The first-order valence-corrected chi connectivity index (χ1v) is 6.52. The van der Waals surface area contributed by atoms with Crippen LogP contribution in [0.3, 0.4) is 0 Å². The van der Waals surface area contributed by atoms with E-state index in [0.717, 1.165) is 12.8 Å². The fourth-order valence-corrected chi connectivity index (χ4v) is 1.92. The van der Waals surface area contributed by atoms with Gasteiger partial charge in [0, 0.05) is 17.5 Å². The molecule has 106 valence electrons. The Bertz CT molecular complexity index is 434. The van der Waals surface area contributed by atoms with Gasteiger partial charge >= 0.3 is 0 Å². The summed E-state index contributed by atoms with van der Waals surface area (Å²) in [6, 6.07) is 4.90. The van der Waals surface area contributed by atoms with Crippen molar-refractivity contribution in [2.24, 2.45) is 11.1 Å². The maximum absolute atomic E-state index is 11.1. The summed E-state index contributed by atoms with van der Waals surface area (Å²) in [5.41, 5.74) is 12.6. The number of nitrogen functional groups attached to an aromatic ring is 1. The number of carbonyl (C=O) groups is 1. The summed E-state index contributed by atoms with van der Waals surface area (Å²) >= 11 is 0. The number of rotatable bonds is 7. The van der Waals surface area contributed by atoms with E-state index in [2.05, 4.69) is 5.32 Å². The maximum atomic E-state index is 11.1. The SMILES string of the molecule is CCC(CC)(CO)CNc1cc(C(N)=O)ccc1N. The number of carbonyl (C=O) groups excluding carboxylic acids is 1. The first-order chi connectivity index (χ1) is 8.98. The predicted molar refractivity (Wildman–Crippen MR) is 78.0 cm³/mol. The Hall–Kier alpha value is -1.75. The van der Waals surface area contributed by atoms with Crippen LogP contribution in [0.1, 0.15) is 37.0 Å². The number of benzene rings is 1. The van der Waals surface area contributed by atoms with Crippen LogP contribution in [0.5, 0.6) is 0 Å². The summed E-state index contributed by atoms with van der Waals surface area (Å²) in [7, 11) is 0. The lowest BCUT2D eigenvalue weighted by molar-refractivity contribution is 0.100. The number of primary amides is 1. The van der Waals surface area contributed by atoms with Gasteiger partial charge in [-0.15, -0.1) is 0 Å². The molecule has 0 aliphatic rings. The molecule has 0 unspecified atom stereocenters. The Labute approximate surface area is 114 Å². The van der Waals surface area contributed by atoms with Gasteiger partial charge in [0.2, 0.25) is 5.91 Å². The van der Waals surface area contributed by atoms with E-state index in [1.165, 1.54) is 0 Å². The van der Waals surface area contributed by atoms with Gasteiger partial charge in [-0.3, -0.25) is 4.79 Å². The van der Waals surface area contributed by atoms with Crippen LogP contribution < -0.4 is 16.8 Å². The van der Waals surface area contributed by atoms with Gasteiger partial charge in [0.1, 0.15) is 0 Å². The molecule has 0 heterocycles. The molecular formula is C14H23N3O2. The van der Waals surface area contributed by atoms with Crippen molar-refractivity contribution in [3.8, 4) is 0 Å². The van der Waals surface area contributed by atoms with Crippen LogP contribution in [0.4, 0.5) is 11.4 Å². The quantitative estimate of drug-likeness (QED) is 0.562. The van der Waals surface area contributed by atoms with Crippen molar-refractivity contribution in [1.29, 1.82) is 0 Å². The Morgan fingerprint density at radius 2 is 2.00 bits per heavy atom. The third kappa shape index (κ3) is 3.61. The molecule has 0 saturated heterocycles. The van der Waals surface area contributed by atoms with Crippen LogP contribution in [0.15, 0.2) is 18.2 Å². The van der Waals surface area contributed by atoms with Gasteiger partial charge in [-0.1, -0.05) is 13.8 Å². The van der Waals surface area contributed by atoms with E-state index in [-0.39, 0.29) is 12.0 Å². The molecular weight excluding hydrogens is 242 g/mol. The molecule has 0 aromatic heterocycles. The van der Waals surface area contributed by atoms with Crippen molar-refractivity contribution in [1.82, 2.24) is 0 Å². The Morgan fingerprint density at radius 3 is 2.47 bits per heavy atom. The summed E-state index contributed by atoms with van der Waals surface area (Å²) in [5.74, 6) is -0.484. The lowest BCUT2D eigenvalue weighted by Crippen LogP contribution is -2.32. The van der Waals surface area contributed by atoms with Gasteiger partial charge in [-0.2, -0.15) is 0 Å². The normalized spacial score (nSPS) is 11.3. The highest BCUT2D eigenvalue weighted by atomic mass is 16.3. The number of hydrogen-bond acceptors (Lipinski definition) is 4. The van der Waals surface area contributed by atoms with Crippen LogP contribution in [0.25, 0.3) is 0 Å². The average molecular weight is 265 g/mol. The molecule has 0 radical (unpaired) electrons. The second-order valence-electron chi connectivity index (χ2n) is 4.89. The smallest absolute Gasteiger partial charge is 0.248 e. The number of aliphatic hydroxyl groups excluding tert-OH is 1. The minimum atomic E-state index is -0.484. The van der Waals surface area contributed by atoms with Crippen molar-refractivity contribution < 1.29 is 9.90 Å². The fraction of sp³-hybridized carbons (Fsp3) is 0.500. The Morgan fingerprint density at radius 1 is 1.37 bits per heavy atom. The third-order valence-corrected chi connectivity index (χ3v) is 3.83. The highest BCUT2D eigenvalue weighted by Crippen LogP contribution is 2.28. The molecule has 19 heavy (non-hydrogen) atoms. The molecule has 1 aromatic rings. The van der Waals surface area contributed by atoms with Crippen LogP contribution in [-0.2, 0) is 0 Å². The minimum Gasteiger partial charge on any atom is -0.397 e. The first-order valence-electron chi connectivity index (χ1n) is 6.52. The van der Waals surface area contributed by atoms with Gasteiger partial charge in [0.25, 0.3) is 0 Å². The molecule has 0 aliphatic heterocycles. The largest absolute Gasteiger partial charge is 0.397 e. The molecule has 0 saturated carbocycles. The standard InChI is InChI=1S/C14H23N3O2/c1-3-14(4-2,9-18)8-17-12-7-10(13(16)19)5-6-11(12)15/h5-7,17-18H,3-4,8-9,15H2,1-2H3,(H2,16,19). The number of hydrogen-bond donors (Lipinski definition) is 4. The van der Waals surface area contributed by atoms with Gasteiger partial charge in [-0.25, -0.2) is 0 Å². The van der Waals surface area contributed by atoms with E-state index in [1.807, 2.05) is 13.8 Å². The molecule has 6 N–H and O–H groups in total. The molecule has 1 rings (SSSR count). The number of nitrogens with one attached hydrogen (secondary N) is 1. The third-order valence-electron chi connectivity index (χ3n) is 3.83. The molecule has 1 amide bonds. The number of anilines is 2.